The molecule has 2 N–H and O–H groups in total. The van der Waals surface area contributed by atoms with Gasteiger partial charge in [-0.25, -0.2) is 4.79 Å². The second kappa shape index (κ2) is 6.11. The number of fused-ring (bicyclic) bond motifs is 1. The second-order valence-electron chi connectivity index (χ2n) is 5.50. The van der Waals surface area contributed by atoms with Crippen molar-refractivity contribution in [3.05, 3.63) is 22.5 Å². The Morgan fingerprint density at radius 3 is 2.85 bits per heavy atom. The lowest BCUT2D eigenvalue weighted by molar-refractivity contribution is 0.148. The SMILES string of the molecule is CCc1c(C)[nH]c2c1/C(=N/OC(=O)NC(C)C)CCC2. The summed E-state index contributed by atoms with van der Waals surface area (Å²) in [6, 6.07) is 0.0466. The molecule has 1 heterocycles. The number of aromatic amines is 1. The minimum atomic E-state index is -0.495. The lowest BCUT2D eigenvalue weighted by atomic mass is 9.92. The Labute approximate surface area is 119 Å². The van der Waals surface area contributed by atoms with Crippen molar-refractivity contribution in [2.75, 3.05) is 0 Å². The van der Waals surface area contributed by atoms with E-state index < -0.39 is 6.09 Å². The van der Waals surface area contributed by atoms with E-state index in [-0.39, 0.29) is 6.04 Å². The first-order chi connectivity index (χ1) is 9.52. The minimum Gasteiger partial charge on any atom is -0.362 e. The van der Waals surface area contributed by atoms with E-state index in [0.717, 1.165) is 37.0 Å². The maximum absolute atomic E-state index is 11.5. The fourth-order valence-corrected chi connectivity index (χ4v) is 2.72. The van der Waals surface area contributed by atoms with Crippen molar-refractivity contribution >= 4 is 11.8 Å². The van der Waals surface area contributed by atoms with Crippen LogP contribution in [0.15, 0.2) is 5.16 Å². The van der Waals surface area contributed by atoms with Crippen molar-refractivity contribution in [3.63, 3.8) is 0 Å². The number of hydrogen-bond donors (Lipinski definition) is 2. The monoisotopic (exact) mass is 277 g/mol. The number of aromatic nitrogens is 1. The Kier molecular flexibility index (Phi) is 4.47. The molecule has 1 aromatic rings. The lowest BCUT2D eigenvalue weighted by Crippen LogP contribution is -2.30. The van der Waals surface area contributed by atoms with Crippen molar-refractivity contribution < 1.29 is 9.63 Å². The van der Waals surface area contributed by atoms with Crippen LogP contribution in [0.25, 0.3) is 0 Å². The van der Waals surface area contributed by atoms with Gasteiger partial charge >= 0.3 is 6.09 Å². The molecule has 0 saturated carbocycles. The fraction of sp³-hybridized carbons (Fsp3) is 0.600. The van der Waals surface area contributed by atoms with Gasteiger partial charge in [0.15, 0.2) is 0 Å². The largest absolute Gasteiger partial charge is 0.433 e. The Bertz CT molecular complexity index is 529. The third kappa shape index (κ3) is 3.03. The van der Waals surface area contributed by atoms with Crippen LogP contribution < -0.4 is 5.32 Å². The number of H-pyrrole nitrogens is 1. The van der Waals surface area contributed by atoms with Gasteiger partial charge in [0.05, 0.1) is 5.71 Å². The molecule has 0 atom stereocenters. The normalized spacial score (nSPS) is 16.4. The number of nitrogens with one attached hydrogen (secondary N) is 2. The van der Waals surface area contributed by atoms with Crippen molar-refractivity contribution in [1.82, 2.24) is 10.3 Å². The average Bonchev–Trinajstić information content (AvgIpc) is 2.71. The Morgan fingerprint density at radius 1 is 1.45 bits per heavy atom. The molecule has 0 aromatic carbocycles. The number of amides is 1. The molecule has 0 bridgehead atoms. The zero-order valence-electron chi connectivity index (χ0n) is 12.7. The van der Waals surface area contributed by atoms with Crippen molar-refractivity contribution in [2.45, 2.75) is 59.4 Å². The third-order valence-corrected chi connectivity index (χ3v) is 3.52. The smallest absolute Gasteiger partial charge is 0.362 e. The van der Waals surface area contributed by atoms with Gasteiger partial charge in [-0.15, -0.1) is 0 Å². The fourth-order valence-electron chi connectivity index (χ4n) is 2.72. The molecule has 0 saturated heterocycles. The predicted molar refractivity (Wildman–Crippen MR) is 79.1 cm³/mol. The average molecular weight is 277 g/mol. The summed E-state index contributed by atoms with van der Waals surface area (Å²) in [6.07, 6.45) is 3.38. The molecule has 0 unspecified atom stereocenters. The van der Waals surface area contributed by atoms with Crippen molar-refractivity contribution in [1.29, 1.82) is 0 Å². The first kappa shape index (κ1) is 14.6. The molecule has 0 fully saturated rings. The number of rotatable bonds is 3. The number of carbonyl (C=O) groups is 1. The molecule has 5 nitrogen and oxygen atoms in total. The molecule has 1 aliphatic carbocycles. The standard InChI is InChI=1S/C15H23N3O2/c1-5-11-10(4)17-12-7-6-8-13(14(11)12)18-20-15(19)16-9(2)3/h9,17H,5-8H2,1-4H3,(H,16,19)/b18-13+. The molecule has 0 aliphatic heterocycles. The van der Waals surface area contributed by atoms with Crippen LogP contribution in [0.4, 0.5) is 4.79 Å². The number of carbonyl (C=O) groups excluding carboxylic acids is 1. The van der Waals surface area contributed by atoms with Crippen LogP contribution in [0.1, 0.15) is 56.1 Å². The van der Waals surface area contributed by atoms with E-state index in [4.69, 9.17) is 4.84 Å². The van der Waals surface area contributed by atoms with Gasteiger partial charge in [-0.05, 0) is 52.0 Å². The molecule has 1 aliphatic rings. The second-order valence-corrected chi connectivity index (χ2v) is 5.50. The first-order valence-corrected chi connectivity index (χ1v) is 7.28. The Hall–Kier alpha value is -1.78. The summed E-state index contributed by atoms with van der Waals surface area (Å²) in [5.41, 5.74) is 5.74. The molecule has 1 aromatic heterocycles. The van der Waals surface area contributed by atoms with Crippen LogP contribution in [0.5, 0.6) is 0 Å². The highest BCUT2D eigenvalue weighted by atomic mass is 16.7. The maximum atomic E-state index is 11.5. The summed E-state index contributed by atoms with van der Waals surface area (Å²) in [5.74, 6) is 0. The minimum absolute atomic E-state index is 0.0466. The van der Waals surface area contributed by atoms with E-state index in [9.17, 15) is 4.79 Å². The Morgan fingerprint density at radius 2 is 2.20 bits per heavy atom. The highest BCUT2D eigenvalue weighted by Gasteiger charge is 2.23. The van der Waals surface area contributed by atoms with Crippen LogP contribution in [-0.2, 0) is 17.7 Å². The van der Waals surface area contributed by atoms with E-state index >= 15 is 0 Å². The van der Waals surface area contributed by atoms with Gasteiger partial charge in [0.25, 0.3) is 0 Å². The van der Waals surface area contributed by atoms with E-state index in [1.807, 2.05) is 13.8 Å². The van der Waals surface area contributed by atoms with Gasteiger partial charge < -0.3 is 10.3 Å². The molecular weight excluding hydrogens is 254 g/mol. The number of hydrogen-bond acceptors (Lipinski definition) is 3. The molecule has 0 spiro atoms. The van der Waals surface area contributed by atoms with E-state index in [1.165, 1.54) is 17.0 Å². The third-order valence-electron chi connectivity index (χ3n) is 3.52. The summed E-state index contributed by atoms with van der Waals surface area (Å²) in [4.78, 5) is 19.9. The van der Waals surface area contributed by atoms with Crippen LogP contribution in [0.2, 0.25) is 0 Å². The highest BCUT2D eigenvalue weighted by Crippen LogP contribution is 2.27. The lowest BCUT2D eigenvalue weighted by Gasteiger charge is -2.15. The van der Waals surface area contributed by atoms with E-state index in [1.54, 1.807) is 0 Å². The van der Waals surface area contributed by atoms with Gasteiger partial charge in [0.2, 0.25) is 0 Å². The van der Waals surface area contributed by atoms with Crippen LogP contribution in [0, 0.1) is 6.92 Å². The van der Waals surface area contributed by atoms with Gasteiger partial charge in [0.1, 0.15) is 0 Å². The number of oxime groups is 1. The predicted octanol–water partition coefficient (Wildman–Crippen LogP) is 3.06. The number of aryl methyl sites for hydroxylation is 2. The molecule has 5 heteroatoms. The molecule has 0 radical (unpaired) electrons. The molecule has 1 amide bonds. The summed E-state index contributed by atoms with van der Waals surface area (Å²) in [7, 11) is 0. The van der Waals surface area contributed by atoms with E-state index in [2.05, 4.69) is 29.3 Å². The quantitative estimate of drug-likeness (QED) is 0.658. The summed E-state index contributed by atoms with van der Waals surface area (Å²) in [6.45, 7) is 7.99. The molecule has 110 valence electrons. The van der Waals surface area contributed by atoms with Crippen LogP contribution in [0.3, 0.4) is 0 Å². The van der Waals surface area contributed by atoms with Crippen molar-refractivity contribution in [3.8, 4) is 0 Å². The molecule has 20 heavy (non-hydrogen) atoms. The summed E-state index contributed by atoms with van der Waals surface area (Å²) < 4.78 is 0. The van der Waals surface area contributed by atoms with Gasteiger partial charge in [-0.3, -0.25) is 4.84 Å². The molecular formula is C15H23N3O2. The first-order valence-electron chi connectivity index (χ1n) is 7.28. The summed E-state index contributed by atoms with van der Waals surface area (Å²) >= 11 is 0. The van der Waals surface area contributed by atoms with E-state index in [0.29, 0.717) is 0 Å². The van der Waals surface area contributed by atoms with Gasteiger partial charge in [0, 0.05) is 23.0 Å². The van der Waals surface area contributed by atoms with Crippen molar-refractivity contribution in [2.24, 2.45) is 5.16 Å². The zero-order chi connectivity index (χ0) is 14.7. The summed E-state index contributed by atoms with van der Waals surface area (Å²) in [5, 5.41) is 6.75. The highest BCUT2D eigenvalue weighted by molar-refractivity contribution is 6.04. The van der Waals surface area contributed by atoms with Crippen LogP contribution in [-0.4, -0.2) is 22.8 Å². The zero-order valence-corrected chi connectivity index (χ0v) is 12.7. The molecule has 2 rings (SSSR count). The van der Waals surface area contributed by atoms with Gasteiger partial charge in [-0.2, -0.15) is 0 Å². The number of nitrogens with zero attached hydrogens (tertiary/aromatic N) is 1. The maximum Gasteiger partial charge on any atom is 0.433 e. The van der Waals surface area contributed by atoms with Crippen LogP contribution >= 0.6 is 0 Å². The van der Waals surface area contributed by atoms with Gasteiger partial charge in [-0.1, -0.05) is 12.1 Å². The topological polar surface area (TPSA) is 66.5 Å². The Balaban J connectivity index is 2.21.